The second-order valence-corrected chi connectivity index (χ2v) is 3.73. The first kappa shape index (κ1) is 10.0. The van der Waals surface area contributed by atoms with E-state index in [0.717, 1.165) is 18.4 Å². The Hall–Kier alpha value is -1.05. The highest BCUT2D eigenvalue weighted by Gasteiger charge is 2.27. The molecule has 0 amide bonds. The lowest BCUT2D eigenvalue weighted by Crippen LogP contribution is -1.96. The molecule has 1 N–H and O–H groups in total. The average molecular weight is 180 g/mol. The molecule has 13 heavy (non-hydrogen) atoms. The summed E-state index contributed by atoms with van der Waals surface area (Å²) in [6, 6.07) is 0. The van der Waals surface area contributed by atoms with E-state index in [2.05, 4.69) is 0 Å². The van der Waals surface area contributed by atoms with E-state index in [9.17, 15) is 9.90 Å². The summed E-state index contributed by atoms with van der Waals surface area (Å²) in [5.74, 6) is 0.889. The number of allylic oxidation sites excluding steroid dienone is 3. The molecule has 0 bridgehead atoms. The van der Waals surface area contributed by atoms with Gasteiger partial charge >= 0.3 is 0 Å². The van der Waals surface area contributed by atoms with Crippen molar-refractivity contribution in [3.8, 4) is 0 Å². The monoisotopic (exact) mass is 180 g/mol. The van der Waals surface area contributed by atoms with Crippen LogP contribution in [0.25, 0.3) is 0 Å². The highest BCUT2D eigenvalue weighted by Crippen LogP contribution is 2.30. The van der Waals surface area contributed by atoms with Gasteiger partial charge in [-0.05, 0) is 38.3 Å². The molecule has 0 spiro atoms. The lowest BCUT2D eigenvalue weighted by atomic mass is 10.2. The average Bonchev–Trinajstić information content (AvgIpc) is 2.85. The molecule has 0 aromatic heterocycles. The van der Waals surface area contributed by atoms with Gasteiger partial charge in [0, 0.05) is 12.3 Å². The van der Waals surface area contributed by atoms with Crippen molar-refractivity contribution < 1.29 is 9.90 Å². The van der Waals surface area contributed by atoms with Gasteiger partial charge in [-0.1, -0.05) is 6.08 Å². The molecule has 0 aromatic rings. The fraction of sp³-hybridized carbons (Fsp3) is 0.545. The zero-order chi connectivity index (χ0) is 9.84. The summed E-state index contributed by atoms with van der Waals surface area (Å²) in [6.45, 7) is 3.67. The molecule has 1 fully saturated rings. The summed E-state index contributed by atoms with van der Waals surface area (Å²) in [5, 5.41) is 9.28. The summed E-state index contributed by atoms with van der Waals surface area (Å²) in [7, 11) is 0. The molecule has 2 heteroatoms. The molecule has 0 saturated heterocycles. The third-order valence-corrected chi connectivity index (χ3v) is 2.14. The molecular formula is C11H16O2. The number of rotatable bonds is 4. The quantitative estimate of drug-likeness (QED) is 0.533. The summed E-state index contributed by atoms with van der Waals surface area (Å²) in [6.07, 6.45) is 5.92. The van der Waals surface area contributed by atoms with Crippen molar-refractivity contribution in [2.24, 2.45) is 5.92 Å². The van der Waals surface area contributed by atoms with Gasteiger partial charge in [0.15, 0.2) is 0 Å². The van der Waals surface area contributed by atoms with E-state index in [-0.39, 0.29) is 5.76 Å². The van der Waals surface area contributed by atoms with E-state index in [1.54, 1.807) is 12.2 Å². The summed E-state index contributed by atoms with van der Waals surface area (Å²) >= 11 is 0. The molecule has 1 aliphatic rings. The van der Waals surface area contributed by atoms with Gasteiger partial charge < -0.3 is 5.11 Å². The molecule has 1 saturated carbocycles. The molecular weight excluding hydrogens is 164 g/mol. The Bertz CT molecular complexity index is 253. The molecule has 1 rings (SSSR count). The number of Topliss-reactive ketones (excluding diaryl/α,β-unsaturated/α-hetero) is 1. The van der Waals surface area contributed by atoms with Gasteiger partial charge in [0.2, 0.25) is 0 Å². The van der Waals surface area contributed by atoms with Crippen molar-refractivity contribution in [2.45, 2.75) is 33.1 Å². The third kappa shape index (κ3) is 3.45. The maximum absolute atomic E-state index is 11.2. The Labute approximate surface area is 79.0 Å². The molecule has 0 unspecified atom stereocenters. The lowest BCUT2D eigenvalue weighted by Gasteiger charge is -1.94. The molecule has 0 atom stereocenters. The van der Waals surface area contributed by atoms with E-state index in [1.165, 1.54) is 0 Å². The molecule has 0 heterocycles. The molecule has 0 radical (unpaired) electrons. The topological polar surface area (TPSA) is 37.3 Å². The van der Waals surface area contributed by atoms with Gasteiger partial charge in [0.05, 0.1) is 0 Å². The third-order valence-electron chi connectivity index (χ3n) is 2.14. The summed E-state index contributed by atoms with van der Waals surface area (Å²) in [5.41, 5.74) is 0.870. The van der Waals surface area contributed by atoms with Crippen LogP contribution in [0.2, 0.25) is 0 Å². The largest absolute Gasteiger partial charge is 0.508 e. The first-order valence-electron chi connectivity index (χ1n) is 4.67. The number of carbonyl (C=O) groups excluding carboxylic acids is 1. The van der Waals surface area contributed by atoms with E-state index < -0.39 is 0 Å². The second kappa shape index (κ2) is 4.26. The molecule has 1 aliphatic carbocycles. The van der Waals surface area contributed by atoms with Gasteiger partial charge in [0.25, 0.3) is 0 Å². The van der Waals surface area contributed by atoms with E-state index in [0.29, 0.717) is 18.1 Å². The van der Waals surface area contributed by atoms with Crippen molar-refractivity contribution in [1.82, 2.24) is 0 Å². The van der Waals surface area contributed by atoms with Crippen LogP contribution >= 0.6 is 0 Å². The van der Waals surface area contributed by atoms with Crippen LogP contribution in [0.1, 0.15) is 33.1 Å². The Balaban J connectivity index is 2.32. The zero-order valence-corrected chi connectivity index (χ0v) is 8.21. The van der Waals surface area contributed by atoms with Crippen molar-refractivity contribution in [3.63, 3.8) is 0 Å². The minimum absolute atomic E-state index is 0.267. The Kier molecular flexibility index (Phi) is 3.29. The fourth-order valence-corrected chi connectivity index (χ4v) is 1.03. The van der Waals surface area contributed by atoms with Gasteiger partial charge in [-0.15, -0.1) is 0 Å². The highest BCUT2D eigenvalue weighted by atomic mass is 16.3. The minimum Gasteiger partial charge on any atom is -0.508 e. The maximum Gasteiger partial charge on any atom is 0.139 e. The molecule has 0 aliphatic heterocycles. The standard InChI is InChI=1S/C11H16O2/c1-8(2)10(12)4-3-5-11(13)9-6-7-9/h3-4,9,12H,5-7H2,1-2H3/b4-3-. The van der Waals surface area contributed by atoms with Crippen LogP contribution in [0.4, 0.5) is 0 Å². The highest BCUT2D eigenvalue weighted by molar-refractivity contribution is 5.84. The van der Waals surface area contributed by atoms with E-state index in [1.807, 2.05) is 13.8 Å². The SMILES string of the molecule is CC(C)=C(O)/C=C\CC(=O)C1CC1. The summed E-state index contributed by atoms with van der Waals surface area (Å²) in [4.78, 5) is 11.2. The normalized spacial score (nSPS) is 16.2. The first-order chi connectivity index (χ1) is 6.11. The van der Waals surface area contributed by atoms with Crippen LogP contribution in [0.3, 0.4) is 0 Å². The van der Waals surface area contributed by atoms with Gasteiger partial charge in [-0.25, -0.2) is 0 Å². The van der Waals surface area contributed by atoms with E-state index >= 15 is 0 Å². The number of carbonyl (C=O) groups is 1. The number of aliphatic hydroxyl groups is 1. The minimum atomic E-state index is 0.267. The molecule has 72 valence electrons. The Morgan fingerprint density at radius 1 is 1.46 bits per heavy atom. The maximum atomic E-state index is 11.2. The van der Waals surface area contributed by atoms with E-state index in [4.69, 9.17) is 0 Å². The molecule has 2 nitrogen and oxygen atoms in total. The summed E-state index contributed by atoms with van der Waals surface area (Å²) < 4.78 is 0. The van der Waals surface area contributed by atoms with Crippen LogP contribution in [-0.2, 0) is 4.79 Å². The molecule has 0 aromatic carbocycles. The smallest absolute Gasteiger partial charge is 0.139 e. The van der Waals surface area contributed by atoms with Gasteiger partial charge in [0.1, 0.15) is 11.5 Å². The Morgan fingerprint density at radius 3 is 2.54 bits per heavy atom. The predicted molar refractivity (Wildman–Crippen MR) is 52.5 cm³/mol. The lowest BCUT2D eigenvalue weighted by molar-refractivity contribution is -0.119. The van der Waals surface area contributed by atoms with Crippen LogP contribution < -0.4 is 0 Å². The van der Waals surface area contributed by atoms with Crippen LogP contribution in [0.5, 0.6) is 0 Å². The van der Waals surface area contributed by atoms with Crippen LogP contribution in [0.15, 0.2) is 23.5 Å². The van der Waals surface area contributed by atoms with Crippen molar-refractivity contribution in [3.05, 3.63) is 23.5 Å². The van der Waals surface area contributed by atoms with Crippen molar-refractivity contribution >= 4 is 5.78 Å². The Morgan fingerprint density at radius 2 is 2.08 bits per heavy atom. The van der Waals surface area contributed by atoms with Crippen LogP contribution in [0, 0.1) is 5.92 Å². The fourth-order valence-electron chi connectivity index (χ4n) is 1.03. The zero-order valence-electron chi connectivity index (χ0n) is 8.21. The van der Waals surface area contributed by atoms with Crippen LogP contribution in [-0.4, -0.2) is 10.9 Å². The number of aliphatic hydroxyl groups excluding tert-OH is 1. The van der Waals surface area contributed by atoms with Crippen molar-refractivity contribution in [1.29, 1.82) is 0 Å². The predicted octanol–water partition coefficient (Wildman–Crippen LogP) is 2.76. The first-order valence-corrected chi connectivity index (χ1v) is 4.67. The van der Waals surface area contributed by atoms with Gasteiger partial charge in [-0.3, -0.25) is 4.79 Å². The van der Waals surface area contributed by atoms with Gasteiger partial charge in [-0.2, -0.15) is 0 Å². The second-order valence-electron chi connectivity index (χ2n) is 3.73. The number of hydrogen-bond donors (Lipinski definition) is 1. The number of ketones is 1. The van der Waals surface area contributed by atoms with Crippen molar-refractivity contribution in [2.75, 3.05) is 0 Å². The number of hydrogen-bond acceptors (Lipinski definition) is 2.